The summed E-state index contributed by atoms with van der Waals surface area (Å²) >= 11 is 0. The molecule has 0 saturated heterocycles. The first-order chi connectivity index (χ1) is 8.88. The Kier molecular flexibility index (Phi) is 3.45. The lowest BCUT2D eigenvalue weighted by Gasteiger charge is -2.51. The molecule has 0 radical (unpaired) electrons. The summed E-state index contributed by atoms with van der Waals surface area (Å²) in [5.74, 6) is -0.580. The average Bonchev–Trinajstić information content (AvgIpc) is 2.37. The Labute approximate surface area is 110 Å². The lowest BCUT2D eigenvalue weighted by Crippen LogP contribution is -2.61. The minimum atomic E-state index is -0.573. The molecule has 2 rings (SSSR count). The number of nitro groups is 1. The summed E-state index contributed by atoms with van der Waals surface area (Å²) in [6, 6.07) is 3.23. The molecule has 2 N–H and O–H groups in total. The Bertz CT molecular complexity index is 509. The van der Waals surface area contributed by atoms with Crippen LogP contribution in [0, 0.1) is 21.3 Å². The van der Waals surface area contributed by atoms with Crippen molar-refractivity contribution in [3.63, 3.8) is 0 Å². The Hall–Kier alpha value is -1.69. The van der Waals surface area contributed by atoms with Crippen LogP contribution in [0.1, 0.15) is 26.7 Å². The van der Waals surface area contributed by atoms with Crippen LogP contribution in [-0.4, -0.2) is 17.1 Å². The Morgan fingerprint density at radius 3 is 2.84 bits per heavy atom. The fourth-order valence-electron chi connectivity index (χ4n) is 2.41. The van der Waals surface area contributed by atoms with Gasteiger partial charge in [-0.3, -0.25) is 10.1 Å². The van der Waals surface area contributed by atoms with E-state index in [0.29, 0.717) is 6.42 Å². The smallest absolute Gasteiger partial charge is 0.311 e. The van der Waals surface area contributed by atoms with Gasteiger partial charge >= 0.3 is 5.69 Å². The lowest BCUT2D eigenvalue weighted by molar-refractivity contribution is -0.386. The van der Waals surface area contributed by atoms with Crippen LogP contribution in [0.25, 0.3) is 0 Å². The van der Waals surface area contributed by atoms with Gasteiger partial charge < -0.3 is 10.5 Å². The number of rotatable bonds is 4. The van der Waals surface area contributed by atoms with Crippen molar-refractivity contribution in [2.75, 3.05) is 0 Å². The highest BCUT2D eigenvalue weighted by Gasteiger charge is 2.50. The predicted molar refractivity (Wildman–Crippen MR) is 68.5 cm³/mol. The van der Waals surface area contributed by atoms with E-state index in [1.165, 1.54) is 0 Å². The largest absolute Gasteiger partial charge is 0.483 e. The Balaban J connectivity index is 2.25. The van der Waals surface area contributed by atoms with Crippen molar-refractivity contribution < 1.29 is 14.1 Å². The number of nitro benzene ring substituents is 1. The van der Waals surface area contributed by atoms with E-state index in [0.717, 1.165) is 24.6 Å². The molecular formula is C13H17FN2O3. The Morgan fingerprint density at radius 1 is 1.63 bits per heavy atom. The van der Waals surface area contributed by atoms with Crippen molar-refractivity contribution in [1.29, 1.82) is 0 Å². The molecule has 1 aromatic carbocycles. The molecule has 0 aromatic heterocycles. The molecule has 3 unspecified atom stereocenters. The maximum atomic E-state index is 13.2. The monoisotopic (exact) mass is 268 g/mol. The van der Waals surface area contributed by atoms with Crippen LogP contribution < -0.4 is 10.5 Å². The highest BCUT2D eigenvalue weighted by molar-refractivity contribution is 5.46. The van der Waals surface area contributed by atoms with Gasteiger partial charge in [0.1, 0.15) is 11.9 Å². The molecule has 0 aliphatic heterocycles. The predicted octanol–water partition coefficient (Wildman–Crippen LogP) is 2.63. The minimum Gasteiger partial charge on any atom is -0.483 e. The molecule has 1 aliphatic carbocycles. The number of nitrogens with two attached hydrogens (primary N) is 1. The van der Waals surface area contributed by atoms with Crippen LogP contribution in [0.3, 0.4) is 0 Å². The number of benzene rings is 1. The second kappa shape index (κ2) is 4.77. The summed E-state index contributed by atoms with van der Waals surface area (Å²) in [5.41, 5.74) is 5.51. The first kappa shape index (κ1) is 13.7. The van der Waals surface area contributed by atoms with Crippen LogP contribution in [-0.2, 0) is 0 Å². The van der Waals surface area contributed by atoms with Gasteiger partial charge in [0.15, 0.2) is 5.75 Å². The highest BCUT2D eigenvalue weighted by atomic mass is 19.1. The second-order valence-corrected chi connectivity index (χ2v) is 5.18. The molecule has 104 valence electrons. The first-order valence-corrected chi connectivity index (χ1v) is 6.24. The molecule has 19 heavy (non-hydrogen) atoms. The molecule has 0 bridgehead atoms. The van der Waals surface area contributed by atoms with Gasteiger partial charge in [0.2, 0.25) is 0 Å². The number of halogens is 1. The number of ether oxygens (including phenoxy) is 1. The van der Waals surface area contributed by atoms with Crippen LogP contribution >= 0.6 is 0 Å². The molecular weight excluding hydrogens is 251 g/mol. The Morgan fingerprint density at radius 2 is 2.32 bits per heavy atom. The van der Waals surface area contributed by atoms with E-state index in [1.807, 2.05) is 13.8 Å². The van der Waals surface area contributed by atoms with Crippen molar-refractivity contribution in [3.8, 4) is 5.75 Å². The maximum absolute atomic E-state index is 13.2. The summed E-state index contributed by atoms with van der Waals surface area (Å²) in [5, 5.41) is 10.9. The standard InChI is InChI=1S/C13H17FN2O3/c1-3-13(2)11(15)7-12(13)19-10-6-8(14)4-5-9(10)16(17)18/h4-6,11-12H,3,7,15H2,1-2H3. The molecule has 1 aliphatic rings. The fraction of sp³-hybridized carbons (Fsp3) is 0.538. The van der Waals surface area contributed by atoms with Gasteiger partial charge in [-0.05, 0) is 12.5 Å². The van der Waals surface area contributed by atoms with E-state index in [-0.39, 0.29) is 29.0 Å². The van der Waals surface area contributed by atoms with E-state index < -0.39 is 10.7 Å². The summed E-state index contributed by atoms with van der Waals surface area (Å²) < 4.78 is 18.8. The maximum Gasteiger partial charge on any atom is 0.311 e. The number of hydrogen-bond donors (Lipinski definition) is 1. The van der Waals surface area contributed by atoms with Crippen LogP contribution in [0.15, 0.2) is 18.2 Å². The van der Waals surface area contributed by atoms with Crippen molar-refractivity contribution >= 4 is 5.69 Å². The quantitative estimate of drug-likeness (QED) is 0.672. The van der Waals surface area contributed by atoms with Gasteiger partial charge in [-0.1, -0.05) is 13.8 Å². The highest BCUT2D eigenvalue weighted by Crippen LogP contribution is 2.46. The molecule has 0 heterocycles. The molecule has 1 fully saturated rings. The zero-order chi connectivity index (χ0) is 14.2. The first-order valence-electron chi connectivity index (χ1n) is 6.24. The van der Waals surface area contributed by atoms with Crippen LogP contribution in [0.2, 0.25) is 0 Å². The number of nitrogens with zero attached hydrogens (tertiary/aromatic N) is 1. The van der Waals surface area contributed by atoms with E-state index >= 15 is 0 Å². The topological polar surface area (TPSA) is 78.4 Å². The van der Waals surface area contributed by atoms with Gasteiger partial charge in [-0.25, -0.2) is 4.39 Å². The van der Waals surface area contributed by atoms with Gasteiger partial charge in [0, 0.05) is 30.0 Å². The molecule has 6 heteroatoms. The van der Waals surface area contributed by atoms with Crippen LogP contribution in [0.4, 0.5) is 10.1 Å². The van der Waals surface area contributed by atoms with E-state index in [9.17, 15) is 14.5 Å². The lowest BCUT2D eigenvalue weighted by atomic mass is 9.62. The van der Waals surface area contributed by atoms with E-state index in [4.69, 9.17) is 10.5 Å². The van der Waals surface area contributed by atoms with Crippen molar-refractivity contribution in [2.24, 2.45) is 11.1 Å². The molecule has 1 saturated carbocycles. The minimum absolute atomic E-state index is 0.00937. The van der Waals surface area contributed by atoms with Gasteiger partial charge in [-0.15, -0.1) is 0 Å². The van der Waals surface area contributed by atoms with Gasteiger partial charge in [0.25, 0.3) is 0 Å². The summed E-state index contributed by atoms with van der Waals surface area (Å²) in [6.45, 7) is 3.98. The zero-order valence-corrected chi connectivity index (χ0v) is 10.9. The van der Waals surface area contributed by atoms with Gasteiger partial charge in [0.05, 0.1) is 4.92 Å². The van der Waals surface area contributed by atoms with Crippen molar-refractivity contribution in [3.05, 3.63) is 34.1 Å². The third-order valence-corrected chi connectivity index (χ3v) is 4.20. The van der Waals surface area contributed by atoms with Crippen LogP contribution in [0.5, 0.6) is 5.75 Å². The van der Waals surface area contributed by atoms with E-state index in [1.54, 1.807) is 0 Å². The summed E-state index contributed by atoms with van der Waals surface area (Å²) in [4.78, 5) is 10.3. The van der Waals surface area contributed by atoms with E-state index in [2.05, 4.69) is 0 Å². The summed E-state index contributed by atoms with van der Waals surface area (Å²) in [7, 11) is 0. The third kappa shape index (κ3) is 2.28. The molecule has 0 spiro atoms. The zero-order valence-electron chi connectivity index (χ0n) is 10.9. The molecule has 0 amide bonds. The SMILES string of the molecule is CCC1(C)C(N)CC1Oc1cc(F)ccc1[N+](=O)[O-]. The van der Waals surface area contributed by atoms with Gasteiger partial charge in [-0.2, -0.15) is 0 Å². The molecule has 1 aromatic rings. The second-order valence-electron chi connectivity index (χ2n) is 5.18. The fourth-order valence-corrected chi connectivity index (χ4v) is 2.41. The van der Waals surface area contributed by atoms with Crippen molar-refractivity contribution in [1.82, 2.24) is 0 Å². The third-order valence-electron chi connectivity index (χ3n) is 4.20. The van der Waals surface area contributed by atoms with Crippen molar-refractivity contribution in [2.45, 2.75) is 38.8 Å². The average molecular weight is 268 g/mol. The molecule has 5 nitrogen and oxygen atoms in total. The normalized spacial score (nSPS) is 29.7. The summed E-state index contributed by atoms with van der Waals surface area (Å²) in [6.07, 6.45) is 1.22. The number of hydrogen-bond acceptors (Lipinski definition) is 4. The molecule has 3 atom stereocenters.